The average molecular weight is 281 g/mol. The van der Waals surface area contributed by atoms with Gasteiger partial charge in [0.2, 0.25) is 10.3 Å². The molecule has 0 bridgehead atoms. The van der Waals surface area contributed by atoms with Crippen molar-refractivity contribution in [1.29, 1.82) is 0 Å². The third kappa shape index (κ3) is 1.11. The zero-order valence-electron chi connectivity index (χ0n) is 13.5. The van der Waals surface area contributed by atoms with Gasteiger partial charge in [0, 0.05) is 11.8 Å². The number of nitrogens with zero attached hydrogens (tertiary/aromatic N) is 3. The first kappa shape index (κ1) is 8.17. The van der Waals surface area contributed by atoms with E-state index in [-0.39, 0.29) is 0 Å². The van der Waals surface area contributed by atoms with Crippen LogP contribution in [-0.2, 0) is 13.5 Å². The summed E-state index contributed by atoms with van der Waals surface area (Å²) < 4.78 is 28.8. The maximum atomic E-state index is 8.06. The second kappa shape index (κ2) is 3.46. The Balaban J connectivity index is 2.01. The number of rotatable bonds is 0. The van der Waals surface area contributed by atoms with E-state index >= 15 is 0 Å². The molecule has 0 radical (unpaired) electrons. The number of thiophene rings is 1. The second-order valence-corrected chi connectivity index (χ2v) is 6.04. The Hall–Kier alpha value is -2.20. The molecule has 4 heteroatoms. The van der Waals surface area contributed by atoms with Gasteiger partial charge in [-0.25, -0.2) is 9.13 Å². The molecule has 20 heavy (non-hydrogen) atoms. The van der Waals surface area contributed by atoms with Crippen LogP contribution in [0.25, 0.3) is 32.0 Å². The van der Waals surface area contributed by atoms with Gasteiger partial charge in [-0.3, -0.25) is 4.98 Å². The molecule has 0 N–H and O–H groups in total. The summed E-state index contributed by atoms with van der Waals surface area (Å²) in [5.74, 6) is 0.759. The summed E-state index contributed by atoms with van der Waals surface area (Å²) in [6, 6.07) is 11.9. The van der Waals surface area contributed by atoms with Gasteiger partial charge in [-0.15, -0.1) is 0 Å². The van der Waals surface area contributed by atoms with Crippen molar-refractivity contribution in [2.75, 3.05) is 0 Å². The van der Waals surface area contributed by atoms with E-state index in [1.54, 1.807) is 17.5 Å². The fourth-order valence-corrected chi connectivity index (χ4v) is 4.22. The van der Waals surface area contributed by atoms with E-state index in [0.29, 0.717) is 6.54 Å². The molecule has 4 heterocycles. The topological polar surface area (TPSA) is 21.7 Å². The van der Waals surface area contributed by atoms with Crippen molar-refractivity contribution in [2.45, 2.75) is 6.54 Å². The number of imidazole rings is 1. The van der Waals surface area contributed by atoms with E-state index in [1.165, 1.54) is 4.57 Å². The van der Waals surface area contributed by atoms with E-state index in [1.807, 2.05) is 30.3 Å². The molecular formula is C16H12N3S+. The molecule has 1 aliphatic rings. The number of pyridine rings is 1. The highest BCUT2D eigenvalue weighted by Crippen LogP contribution is 2.37. The van der Waals surface area contributed by atoms with Crippen molar-refractivity contribution < 1.29 is 8.68 Å². The molecule has 1 aliphatic heterocycles. The van der Waals surface area contributed by atoms with Crippen molar-refractivity contribution in [3.63, 3.8) is 0 Å². The average Bonchev–Trinajstić information content (AvgIpc) is 3.13. The van der Waals surface area contributed by atoms with Gasteiger partial charge in [-0.2, -0.15) is 0 Å². The number of benzene rings is 1. The number of aryl methyl sites for hydroxylation is 1. The molecule has 0 atom stereocenters. The SMILES string of the molecule is [2H]C([2H])([2H])n1c2[n+](c3sc4cccnc4c31)Cc1ccccc1-2. The lowest BCUT2D eigenvalue weighted by molar-refractivity contribution is -0.644. The largest absolute Gasteiger partial charge is 0.291 e. The summed E-state index contributed by atoms with van der Waals surface area (Å²) in [4.78, 5) is 5.41. The number of fused-ring (bicyclic) bond motifs is 7. The van der Waals surface area contributed by atoms with Gasteiger partial charge in [0.1, 0.15) is 12.1 Å². The zero-order valence-corrected chi connectivity index (χ0v) is 11.3. The molecular weight excluding hydrogens is 266 g/mol. The van der Waals surface area contributed by atoms with Crippen LogP contribution in [0.15, 0.2) is 42.6 Å². The first-order chi connectivity index (χ1) is 11.1. The fourth-order valence-electron chi connectivity index (χ4n) is 3.07. The standard InChI is InChI=1S/C16H12N3S/c1-18-14-13-12(7-4-8-17-13)20-16(14)19-9-10-5-2-3-6-11(10)15(18)19/h2-8H,9H2,1H3/q+1/i1D3. The van der Waals surface area contributed by atoms with E-state index in [0.717, 1.165) is 37.5 Å². The first-order valence-corrected chi connectivity index (χ1v) is 7.28. The van der Waals surface area contributed by atoms with Crippen molar-refractivity contribution in [2.24, 2.45) is 6.98 Å². The monoisotopic (exact) mass is 281 g/mol. The molecule has 1 aromatic carbocycles. The highest BCUT2D eigenvalue weighted by molar-refractivity contribution is 7.25. The Morgan fingerprint density at radius 3 is 3.20 bits per heavy atom. The normalized spacial score (nSPS) is 15.9. The van der Waals surface area contributed by atoms with Crippen LogP contribution in [-0.4, -0.2) is 9.55 Å². The smallest absolute Gasteiger partial charge is 0.251 e. The third-order valence-electron chi connectivity index (χ3n) is 3.93. The van der Waals surface area contributed by atoms with Crippen molar-refractivity contribution >= 4 is 31.9 Å². The minimum absolute atomic E-state index is 0.706. The molecule has 5 rings (SSSR count). The van der Waals surface area contributed by atoms with Crippen LogP contribution in [0.3, 0.4) is 0 Å². The lowest BCUT2D eigenvalue weighted by Crippen LogP contribution is -2.30. The summed E-state index contributed by atoms with van der Waals surface area (Å²) in [6.07, 6.45) is 1.72. The maximum absolute atomic E-state index is 8.06. The molecule has 3 aromatic heterocycles. The second-order valence-electron chi connectivity index (χ2n) is 5.01. The highest BCUT2D eigenvalue weighted by Gasteiger charge is 2.34. The van der Waals surface area contributed by atoms with Gasteiger partial charge in [0.25, 0.3) is 5.82 Å². The number of hydrogen-bond acceptors (Lipinski definition) is 2. The lowest BCUT2D eigenvalue weighted by atomic mass is 10.1. The predicted molar refractivity (Wildman–Crippen MR) is 80.8 cm³/mol. The molecule has 0 aliphatic carbocycles. The number of aromatic nitrogens is 3. The zero-order chi connectivity index (χ0) is 15.8. The van der Waals surface area contributed by atoms with Gasteiger partial charge < -0.3 is 0 Å². The molecule has 96 valence electrons. The molecule has 0 amide bonds. The Bertz CT molecular complexity index is 1090. The van der Waals surface area contributed by atoms with E-state index in [9.17, 15) is 0 Å². The Labute approximate surface area is 123 Å². The van der Waals surface area contributed by atoms with Crippen LogP contribution in [0.5, 0.6) is 0 Å². The quantitative estimate of drug-likeness (QED) is 0.400. The summed E-state index contributed by atoms with van der Waals surface area (Å²) in [6.45, 7) is -1.54. The van der Waals surface area contributed by atoms with Crippen LogP contribution in [0, 0.1) is 0 Å². The van der Waals surface area contributed by atoms with Gasteiger partial charge in [-0.05, 0) is 18.2 Å². The van der Waals surface area contributed by atoms with Crippen molar-refractivity contribution in [3.05, 3.63) is 48.2 Å². The van der Waals surface area contributed by atoms with Crippen LogP contribution in [0.4, 0.5) is 0 Å². The van der Waals surface area contributed by atoms with Crippen molar-refractivity contribution in [1.82, 2.24) is 9.55 Å². The Morgan fingerprint density at radius 1 is 1.30 bits per heavy atom. The van der Waals surface area contributed by atoms with Crippen molar-refractivity contribution in [3.8, 4) is 11.4 Å². The number of hydrogen-bond donors (Lipinski definition) is 0. The van der Waals surface area contributed by atoms with Gasteiger partial charge in [0.05, 0.1) is 21.4 Å². The van der Waals surface area contributed by atoms with Crippen LogP contribution in [0.2, 0.25) is 0 Å². The van der Waals surface area contributed by atoms with Crippen LogP contribution < -0.4 is 4.57 Å². The van der Waals surface area contributed by atoms with E-state index in [2.05, 4.69) is 15.6 Å². The summed E-state index contributed by atoms with van der Waals surface area (Å²) in [5, 5.41) is 0. The first-order valence-electron chi connectivity index (χ1n) is 7.96. The molecule has 0 spiro atoms. The van der Waals surface area contributed by atoms with Crippen LogP contribution >= 0.6 is 11.3 Å². The molecule has 0 saturated carbocycles. The molecule has 0 fully saturated rings. The van der Waals surface area contributed by atoms with Crippen LogP contribution in [0.1, 0.15) is 9.68 Å². The molecule has 3 nitrogen and oxygen atoms in total. The summed E-state index contributed by atoms with van der Waals surface area (Å²) in [5.41, 5.74) is 3.64. The molecule has 4 aromatic rings. The Morgan fingerprint density at radius 2 is 2.25 bits per heavy atom. The van der Waals surface area contributed by atoms with Gasteiger partial charge in [-0.1, -0.05) is 29.5 Å². The maximum Gasteiger partial charge on any atom is 0.291 e. The van der Waals surface area contributed by atoms with E-state index < -0.39 is 6.98 Å². The molecule has 0 saturated heterocycles. The Kier molecular flexibility index (Phi) is 1.41. The third-order valence-corrected chi connectivity index (χ3v) is 5.08. The fraction of sp³-hybridized carbons (Fsp3) is 0.125. The minimum atomic E-state index is -2.25. The summed E-state index contributed by atoms with van der Waals surface area (Å²) >= 11 is 1.60. The molecule has 0 unspecified atom stereocenters. The highest BCUT2D eigenvalue weighted by atomic mass is 32.1. The van der Waals surface area contributed by atoms with Gasteiger partial charge in [0.15, 0.2) is 0 Å². The summed E-state index contributed by atoms with van der Waals surface area (Å²) in [7, 11) is 0. The lowest BCUT2D eigenvalue weighted by Gasteiger charge is -1.95. The van der Waals surface area contributed by atoms with E-state index in [4.69, 9.17) is 4.11 Å². The predicted octanol–water partition coefficient (Wildman–Crippen LogP) is 3.10. The van der Waals surface area contributed by atoms with Gasteiger partial charge >= 0.3 is 0 Å². The minimum Gasteiger partial charge on any atom is -0.251 e.